The molecule has 3 heteroatoms. The molecule has 1 aromatic carbocycles. The Bertz CT molecular complexity index is 208. The summed E-state index contributed by atoms with van der Waals surface area (Å²) in [4.78, 5) is 0. The molecule has 0 aliphatic heterocycles. The van der Waals surface area contributed by atoms with Crippen molar-refractivity contribution in [2.24, 2.45) is 0 Å². The zero-order valence-electron chi connectivity index (χ0n) is 5.29. The number of hydrogen-bond donors (Lipinski definition) is 0. The standard InChI is InChI=1S/C7H5Br2F/c1-4-2-7(10)6(9)3-5(4)8/h2-3H,1H3. The van der Waals surface area contributed by atoms with E-state index in [4.69, 9.17) is 0 Å². The molecule has 0 aliphatic carbocycles. The molecule has 0 bridgehead atoms. The maximum Gasteiger partial charge on any atom is 0.137 e. The average molecular weight is 268 g/mol. The summed E-state index contributed by atoms with van der Waals surface area (Å²) in [5.41, 5.74) is 0.903. The third-order valence-corrected chi connectivity index (χ3v) is 2.66. The van der Waals surface area contributed by atoms with Crippen LogP contribution in [-0.2, 0) is 0 Å². The molecule has 0 heterocycles. The van der Waals surface area contributed by atoms with Gasteiger partial charge in [0.25, 0.3) is 0 Å². The Morgan fingerprint density at radius 3 is 2.30 bits per heavy atom. The summed E-state index contributed by atoms with van der Waals surface area (Å²) in [6.07, 6.45) is 0. The molecule has 0 saturated carbocycles. The summed E-state index contributed by atoms with van der Waals surface area (Å²) in [5.74, 6) is -0.222. The fraction of sp³-hybridized carbons (Fsp3) is 0.143. The lowest BCUT2D eigenvalue weighted by Crippen LogP contribution is -1.80. The molecule has 0 aromatic heterocycles. The number of aryl methyl sites for hydroxylation is 1. The maximum atomic E-state index is 12.7. The van der Waals surface area contributed by atoms with Crippen LogP contribution in [0.5, 0.6) is 0 Å². The second kappa shape index (κ2) is 3.01. The highest BCUT2D eigenvalue weighted by molar-refractivity contribution is 9.11. The Morgan fingerprint density at radius 2 is 1.80 bits per heavy atom. The molecular formula is C7H5Br2F. The molecule has 1 aromatic rings. The van der Waals surface area contributed by atoms with Crippen LogP contribution in [0.25, 0.3) is 0 Å². The van der Waals surface area contributed by atoms with Crippen LogP contribution in [0.3, 0.4) is 0 Å². The van der Waals surface area contributed by atoms with Crippen LogP contribution >= 0.6 is 31.9 Å². The first kappa shape index (κ1) is 8.21. The van der Waals surface area contributed by atoms with E-state index < -0.39 is 0 Å². The zero-order chi connectivity index (χ0) is 7.72. The highest BCUT2D eigenvalue weighted by Gasteiger charge is 2.01. The maximum absolute atomic E-state index is 12.7. The molecular weight excluding hydrogens is 263 g/mol. The van der Waals surface area contributed by atoms with Crippen molar-refractivity contribution >= 4 is 31.9 Å². The van der Waals surface area contributed by atoms with E-state index in [1.165, 1.54) is 6.07 Å². The van der Waals surface area contributed by atoms with Crippen LogP contribution < -0.4 is 0 Å². The minimum Gasteiger partial charge on any atom is -0.206 e. The van der Waals surface area contributed by atoms with Crippen LogP contribution in [0, 0.1) is 12.7 Å². The SMILES string of the molecule is Cc1cc(F)c(Br)cc1Br. The zero-order valence-corrected chi connectivity index (χ0v) is 8.46. The van der Waals surface area contributed by atoms with Crippen LogP contribution in [0.15, 0.2) is 21.1 Å². The first-order chi connectivity index (χ1) is 4.61. The van der Waals surface area contributed by atoms with Crippen molar-refractivity contribution in [3.05, 3.63) is 32.5 Å². The van der Waals surface area contributed by atoms with Gasteiger partial charge < -0.3 is 0 Å². The third-order valence-electron chi connectivity index (χ3n) is 1.20. The number of hydrogen-bond acceptors (Lipinski definition) is 0. The summed E-state index contributed by atoms with van der Waals surface area (Å²) in [6.45, 7) is 1.85. The van der Waals surface area contributed by atoms with E-state index in [0.717, 1.165) is 10.0 Å². The van der Waals surface area contributed by atoms with Crippen molar-refractivity contribution in [1.82, 2.24) is 0 Å². The molecule has 1 rings (SSSR count). The van der Waals surface area contributed by atoms with E-state index in [1.54, 1.807) is 6.07 Å². The van der Waals surface area contributed by atoms with Gasteiger partial charge in [-0.1, -0.05) is 15.9 Å². The quantitative estimate of drug-likeness (QED) is 0.630. The van der Waals surface area contributed by atoms with E-state index in [-0.39, 0.29) is 5.82 Å². The smallest absolute Gasteiger partial charge is 0.137 e. The lowest BCUT2D eigenvalue weighted by Gasteiger charge is -1.98. The third kappa shape index (κ3) is 1.58. The predicted octanol–water partition coefficient (Wildman–Crippen LogP) is 3.66. The molecule has 0 N–H and O–H groups in total. The summed E-state index contributed by atoms with van der Waals surface area (Å²) in [6, 6.07) is 3.18. The van der Waals surface area contributed by atoms with Crippen LogP contribution in [0.1, 0.15) is 5.56 Å². The molecule has 0 amide bonds. The number of rotatable bonds is 0. The Kier molecular flexibility index (Phi) is 2.47. The normalized spacial score (nSPS) is 10.0. The Hall–Kier alpha value is 0.110. The summed E-state index contributed by atoms with van der Waals surface area (Å²) in [7, 11) is 0. The van der Waals surface area contributed by atoms with Crippen molar-refractivity contribution in [3.63, 3.8) is 0 Å². The van der Waals surface area contributed by atoms with Gasteiger partial charge in [-0.3, -0.25) is 0 Å². The van der Waals surface area contributed by atoms with E-state index in [9.17, 15) is 4.39 Å². The van der Waals surface area contributed by atoms with Crippen molar-refractivity contribution in [2.45, 2.75) is 6.92 Å². The first-order valence-electron chi connectivity index (χ1n) is 2.72. The molecule has 0 nitrogen and oxygen atoms in total. The van der Waals surface area contributed by atoms with Crippen LogP contribution in [0.4, 0.5) is 4.39 Å². The molecule has 0 fully saturated rings. The second-order valence-corrected chi connectivity index (χ2v) is 3.72. The highest BCUT2D eigenvalue weighted by atomic mass is 79.9. The van der Waals surface area contributed by atoms with Crippen LogP contribution in [0.2, 0.25) is 0 Å². The van der Waals surface area contributed by atoms with Gasteiger partial charge in [0.1, 0.15) is 5.82 Å². The van der Waals surface area contributed by atoms with Crippen molar-refractivity contribution in [1.29, 1.82) is 0 Å². The molecule has 0 atom stereocenters. The van der Waals surface area contributed by atoms with Gasteiger partial charge in [0.05, 0.1) is 4.47 Å². The van der Waals surface area contributed by atoms with Gasteiger partial charge in [0.15, 0.2) is 0 Å². The van der Waals surface area contributed by atoms with Crippen molar-refractivity contribution in [3.8, 4) is 0 Å². The average Bonchev–Trinajstić information content (AvgIpc) is 1.84. The van der Waals surface area contributed by atoms with Crippen molar-refractivity contribution < 1.29 is 4.39 Å². The summed E-state index contributed by atoms with van der Waals surface area (Å²) in [5, 5.41) is 0. The van der Waals surface area contributed by atoms with Crippen molar-refractivity contribution in [2.75, 3.05) is 0 Å². The molecule has 10 heavy (non-hydrogen) atoms. The van der Waals surface area contributed by atoms with Crippen LogP contribution in [-0.4, -0.2) is 0 Å². The van der Waals surface area contributed by atoms with Gasteiger partial charge in [0.2, 0.25) is 0 Å². The Balaban J connectivity index is 3.28. The van der Waals surface area contributed by atoms with E-state index in [0.29, 0.717) is 4.47 Å². The van der Waals surface area contributed by atoms with Gasteiger partial charge in [-0.25, -0.2) is 4.39 Å². The predicted molar refractivity (Wildman–Crippen MR) is 46.5 cm³/mol. The summed E-state index contributed by atoms with van der Waals surface area (Å²) >= 11 is 6.36. The minimum atomic E-state index is -0.222. The number of halogens is 3. The molecule has 0 radical (unpaired) electrons. The summed E-state index contributed by atoms with van der Waals surface area (Å²) < 4.78 is 14.1. The van der Waals surface area contributed by atoms with Gasteiger partial charge >= 0.3 is 0 Å². The Labute approximate surface area is 75.7 Å². The van der Waals surface area contributed by atoms with Gasteiger partial charge in [0, 0.05) is 4.47 Å². The fourth-order valence-electron chi connectivity index (χ4n) is 0.622. The number of benzene rings is 1. The lowest BCUT2D eigenvalue weighted by atomic mass is 10.2. The molecule has 0 saturated heterocycles. The van der Waals surface area contributed by atoms with E-state index >= 15 is 0 Å². The molecule has 0 aliphatic rings. The topological polar surface area (TPSA) is 0 Å². The first-order valence-corrected chi connectivity index (χ1v) is 4.31. The van der Waals surface area contributed by atoms with Gasteiger partial charge in [-0.05, 0) is 40.5 Å². The van der Waals surface area contributed by atoms with E-state index in [2.05, 4.69) is 31.9 Å². The Morgan fingerprint density at radius 1 is 1.20 bits per heavy atom. The fourth-order valence-corrected chi connectivity index (χ4v) is 1.62. The molecule has 0 spiro atoms. The molecule has 54 valence electrons. The van der Waals surface area contributed by atoms with Gasteiger partial charge in [-0.15, -0.1) is 0 Å². The monoisotopic (exact) mass is 266 g/mol. The van der Waals surface area contributed by atoms with E-state index in [1.807, 2.05) is 6.92 Å². The second-order valence-electron chi connectivity index (χ2n) is 2.02. The highest BCUT2D eigenvalue weighted by Crippen LogP contribution is 2.23. The lowest BCUT2D eigenvalue weighted by molar-refractivity contribution is 0.619. The largest absolute Gasteiger partial charge is 0.206 e. The molecule has 0 unspecified atom stereocenters. The van der Waals surface area contributed by atoms with Gasteiger partial charge in [-0.2, -0.15) is 0 Å². The minimum absolute atomic E-state index is 0.222.